The Balaban J connectivity index is 1.51. The number of carbonyl (C=O) groups is 1. The number of piperazine rings is 1. The van der Waals surface area contributed by atoms with Crippen LogP contribution in [0.25, 0.3) is 0 Å². The summed E-state index contributed by atoms with van der Waals surface area (Å²) in [6.07, 6.45) is 0. The standard InChI is InChI=1S/C22H28ClN3O/c1-16-7-6-10-21(17(16)2)26-13-11-25(12-14-26)15-22(27)24-18(3)19-8-4-5-9-20(19)23/h4-10,18H,11-15H2,1-3H3,(H,24,27)/p+1/t18-/m0/s1. The SMILES string of the molecule is Cc1cccc(N2CC[NH+](CC(=O)N[C@@H](C)c3ccccc3Cl)CC2)c1C. The second-order valence-electron chi connectivity index (χ2n) is 7.44. The van der Waals surface area contributed by atoms with Crippen LogP contribution in [0.4, 0.5) is 5.69 Å². The van der Waals surface area contributed by atoms with Gasteiger partial charge in [-0.25, -0.2) is 0 Å². The summed E-state index contributed by atoms with van der Waals surface area (Å²) in [5, 5.41) is 3.78. The second-order valence-corrected chi connectivity index (χ2v) is 7.85. The summed E-state index contributed by atoms with van der Waals surface area (Å²) in [6.45, 7) is 10.7. The van der Waals surface area contributed by atoms with Crippen LogP contribution >= 0.6 is 11.6 Å². The predicted molar refractivity (Wildman–Crippen MR) is 112 cm³/mol. The third kappa shape index (κ3) is 4.82. The van der Waals surface area contributed by atoms with Crippen molar-refractivity contribution in [2.75, 3.05) is 37.6 Å². The number of nitrogens with one attached hydrogen (secondary N) is 2. The number of hydrogen-bond donors (Lipinski definition) is 2. The Bertz CT molecular complexity index is 800. The molecule has 0 aromatic heterocycles. The van der Waals surface area contributed by atoms with E-state index in [1.807, 2.05) is 31.2 Å². The largest absolute Gasteiger partial charge is 0.360 e. The molecule has 5 heteroatoms. The average Bonchev–Trinajstić information content (AvgIpc) is 2.65. The summed E-state index contributed by atoms with van der Waals surface area (Å²) < 4.78 is 0. The molecule has 27 heavy (non-hydrogen) atoms. The smallest absolute Gasteiger partial charge is 0.275 e. The third-order valence-electron chi connectivity index (χ3n) is 5.55. The van der Waals surface area contributed by atoms with Crippen LogP contribution in [0.15, 0.2) is 42.5 Å². The van der Waals surface area contributed by atoms with Gasteiger partial charge in [0.2, 0.25) is 0 Å². The molecular formula is C22H29ClN3O+. The molecule has 1 saturated heterocycles. The van der Waals surface area contributed by atoms with E-state index >= 15 is 0 Å². The summed E-state index contributed by atoms with van der Waals surface area (Å²) in [6, 6.07) is 14.1. The van der Waals surface area contributed by atoms with Gasteiger partial charge in [-0.1, -0.05) is 41.9 Å². The molecule has 144 valence electrons. The van der Waals surface area contributed by atoms with E-state index in [0.29, 0.717) is 11.6 Å². The third-order valence-corrected chi connectivity index (χ3v) is 5.89. The van der Waals surface area contributed by atoms with Gasteiger partial charge in [-0.15, -0.1) is 0 Å². The van der Waals surface area contributed by atoms with E-state index in [1.165, 1.54) is 21.7 Å². The number of benzene rings is 2. The van der Waals surface area contributed by atoms with Crippen LogP contribution < -0.4 is 15.1 Å². The zero-order valence-electron chi connectivity index (χ0n) is 16.4. The number of amides is 1. The van der Waals surface area contributed by atoms with Crippen LogP contribution in [0.5, 0.6) is 0 Å². The average molecular weight is 387 g/mol. The molecule has 1 heterocycles. The number of quaternary nitrogens is 1. The van der Waals surface area contributed by atoms with Crippen molar-refractivity contribution in [3.63, 3.8) is 0 Å². The van der Waals surface area contributed by atoms with Crippen LogP contribution in [-0.4, -0.2) is 38.6 Å². The highest BCUT2D eigenvalue weighted by molar-refractivity contribution is 6.31. The van der Waals surface area contributed by atoms with Gasteiger partial charge < -0.3 is 15.1 Å². The fourth-order valence-electron chi connectivity index (χ4n) is 3.74. The quantitative estimate of drug-likeness (QED) is 0.828. The fraction of sp³-hybridized carbons (Fsp3) is 0.409. The van der Waals surface area contributed by atoms with Gasteiger partial charge in [-0.3, -0.25) is 4.79 Å². The van der Waals surface area contributed by atoms with Gasteiger partial charge in [0.05, 0.1) is 32.2 Å². The summed E-state index contributed by atoms with van der Waals surface area (Å²) in [7, 11) is 0. The van der Waals surface area contributed by atoms with Gasteiger partial charge in [0, 0.05) is 10.7 Å². The van der Waals surface area contributed by atoms with Gasteiger partial charge in [-0.2, -0.15) is 0 Å². The van der Waals surface area contributed by atoms with Crippen molar-refractivity contribution >= 4 is 23.2 Å². The molecule has 0 unspecified atom stereocenters. The monoisotopic (exact) mass is 386 g/mol. The molecule has 4 nitrogen and oxygen atoms in total. The van der Waals surface area contributed by atoms with E-state index in [4.69, 9.17) is 11.6 Å². The van der Waals surface area contributed by atoms with Gasteiger partial charge in [0.15, 0.2) is 6.54 Å². The van der Waals surface area contributed by atoms with Crippen molar-refractivity contribution in [1.82, 2.24) is 5.32 Å². The molecule has 0 spiro atoms. The summed E-state index contributed by atoms with van der Waals surface area (Å²) in [5.41, 5.74) is 4.97. The van der Waals surface area contributed by atoms with E-state index < -0.39 is 0 Å². The first kappa shape index (κ1) is 19.7. The summed E-state index contributed by atoms with van der Waals surface area (Å²) >= 11 is 6.23. The minimum absolute atomic E-state index is 0.0811. The highest BCUT2D eigenvalue weighted by atomic mass is 35.5. The normalized spacial score (nSPS) is 16.2. The second kappa shape index (κ2) is 8.77. The van der Waals surface area contributed by atoms with Crippen molar-refractivity contribution in [3.05, 3.63) is 64.2 Å². The van der Waals surface area contributed by atoms with Gasteiger partial charge in [0.25, 0.3) is 5.91 Å². The van der Waals surface area contributed by atoms with Crippen molar-refractivity contribution in [2.24, 2.45) is 0 Å². The Kier molecular flexibility index (Phi) is 6.40. The van der Waals surface area contributed by atoms with E-state index in [9.17, 15) is 4.79 Å². The lowest BCUT2D eigenvalue weighted by Gasteiger charge is -2.34. The lowest BCUT2D eigenvalue weighted by atomic mass is 10.1. The van der Waals surface area contributed by atoms with Crippen LogP contribution in [0.3, 0.4) is 0 Å². The molecule has 1 aliphatic rings. The first-order valence-electron chi connectivity index (χ1n) is 9.64. The number of hydrogen-bond acceptors (Lipinski definition) is 2. The lowest BCUT2D eigenvalue weighted by molar-refractivity contribution is -0.892. The molecule has 0 aliphatic carbocycles. The Labute approximate surface area is 167 Å². The molecule has 2 aromatic carbocycles. The van der Waals surface area contributed by atoms with Gasteiger partial charge in [-0.05, 0) is 49.6 Å². The minimum Gasteiger partial charge on any atom is -0.360 e. The molecule has 2 N–H and O–H groups in total. The number of rotatable bonds is 5. The topological polar surface area (TPSA) is 36.8 Å². The zero-order valence-corrected chi connectivity index (χ0v) is 17.1. The lowest BCUT2D eigenvalue weighted by Crippen LogP contribution is -3.16. The highest BCUT2D eigenvalue weighted by Crippen LogP contribution is 2.23. The Hall–Kier alpha value is -2.04. The first-order chi connectivity index (χ1) is 13.0. The minimum atomic E-state index is -0.0816. The number of nitrogens with zero attached hydrogens (tertiary/aromatic N) is 1. The van der Waals surface area contributed by atoms with E-state index in [0.717, 1.165) is 31.7 Å². The number of halogens is 1. The highest BCUT2D eigenvalue weighted by Gasteiger charge is 2.24. The van der Waals surface area contributed by atoms with Crippen molar-refractivity contribution in [2.45, 2.75) is 26.8 Å². The molecular weight excluding hydrogens is 358 g/mol. The molecule has 1 atom stereocenters. The van der Waals surface area contributed by atoms with Crippen LogP contribution in [0.1, 0.15) is 29.7 Å². The van der Waals surface area contributed by atoms with E-state index in [1.54, 1.807) is 0 Å². The maximum Gasteiger partial charge on any atom is 0.275 e. The molecule has 0 radical (unpaired) electrons. The molecule has 1 aliphatic heterocycles. The zero-order chi connectivity index (χ0) is 19.4. The van der Waals surface area contributed by atoms with Gasteiger partial charge in [0.1, 0.15) is 0 Å². The number of carbonyl (C=O) groups excluding carboxylic acids is 1. The van der Waals surface area contributed by atoms with Crippen molar-refractivity contribution < 1.29 is 9.69 Å². The Morgan fingerprint density at radius 1 is 1.15 bits per heavy atom. The molecule has 0 saturated carbocycles. The Morgan fingerprint density at radius 2 is 1.85 bits per heavy atom. The van der Waals surface area contributed by atoms with Crippen molar-refractivity contribution in [3.8, 4) is 0 Å². The number of anilines is 1. The van der Waals surface area contributed by atoms with Crippen LogP contribution in [0.2, 0.25) is 5.02 Å². The van der Waals surface area contributed by atoms with E-state index in [-0.39, 0.29) is 11.9 Å². The maximum absolute atomic E-state index is 12.5. The van der Waals surface area contributed by atoms with Gasteiger partial charge >= 0.3 is 0 Å². The molecule has 2 aromatic rings. The Morgan fingerprint density at radius 3 is 2.56 bits per heavy atom. The number of aryl methyl sites for hydroxylation is 1. The molecule has 1 amide bonds. The molecule has 1 fully saturated rings. The summed E-state index contributed by atoms with van der Waals surface area (Å²) in [5.74, 6) is 0.0811. The van der Waals surface area contributed by atoms with Crippen LogP contribution in [0, 0.1) is 13.8 Å². The molecule has 3 rings (SSSR count). The van der Waals surface area contributed by atoms with Crippen LogP contribution in [-0.2, 0) is 4.79 Å². The predicted octanol–water partition coefficient (Wildman–Crippen LogP) is 2.54. The van der Waals surface area contributed by atoms with E-state index in [2.05, 4.69) is 42.3 Å². The van der Waals surface area contributed by atoms with Crippen molar-refractivity contribution in [1.29, 1.82) is 0 Å². The maximum atomic E-state index is 12.5. The first-order valence-corrected chi connectivity index (χ1v) is 10.0. The fourth-order valence-corrected chi connectivity index (χ4v) is 4.04. The molecule has 0 bridgehead atoms. The summed E-state index contributed by atoms with van der Waals surface area (Å²) in [4.78, 5) is 16.2.